The van der Waals surface area contributed by atoms with Crippen LogP contribution < -0.4 is 0 Å². The summed E-state index contributed by atoms with van der Waals surface area (Å²) in [7, 11) is 0. The van der Waals surface area contributed by atoms with Gasteiger partial charge in [-0.05, 0) is 93.3 Å². The van der Waals surface area contributed by atoms with E-state index in [0.29, 0.717) is 42.4 Å². The lowest BCUT2D eigenvalue weighted by atomic mass is 9.46. The molecule has 36 heavy (non-hydrogen) atoms. The third-order valence-corrected chi connectivity index (χ3v) is 12.7. The molecule has 2 N–H and O–H groups in total. The molecule has 0 unspecified atom stereocenters. The summed E-state index contributed by atoms with van der Waals surface area (Å²) in [6.07, 6.45) is 10.0. The Morgan fingerprint density at radius 1 is 1.06 bits per heavy atom. The van der Waals surface area contributed by atoms with Gasteiger partial charge >= 0.3 is 11.9 Å². The fourth-order valence-electron chi connectivity index (χ4n) is 10.5. The van der Waals surface area contributed by atoms with Gasteiger partial charge in [0.25, 0.3) is 0 Å². The first-order valence-corrected chi connectivity index (χ1v) is 14.3. The Kier molecular flexibility index (Phi) is 5.41. The zero-order valence-electron chi connectivity index (χ0n) is 22.6. The lowest BCUT2D eigenvalue weighted by Gasteiger charge is -2.60. The van der Waals surface area contributed by atoms with Crippen molar-refractivity contribution < 1.29 is 29.3 Å². The number of carbonyl (C=O) groups excluding carboxylic acids is 2. The van der Waals surface area contributed by atoms with Crippen LogP contribution in [0, 0.1) is 45.8 Å². The van der Waals surface area contributed by atoms with Gasteiger partial charge in [-0.1, -0.05) is 32.4 Å². The predicted octanol–water partition coefficient (Wildman–Crippen LogP) is 4.56. The number of carbonyl (C=O) groups is 2. The van der Waals surface area contributed by atoms with Gasteiger partial charge in [0.1, 0.15) is 12.2 Å². The Morgan fingerprint density at radius 2 is 1.75 bits per heavy atom. The Morgan fingerprint density at radius 3 is 2.44 bits per heavy atom. The smallest absolute Gasteiger partial charge is 0.338 e. The number of allylic oxidation sites excluding steroid dienone is 1. The molecule has 6 aliphatic rings. The van der Waals surface area contributed by atoms with E-state index < -0.39 is 23.1 Å². The Hall–Kier alpha value is -1.40. The summed E-state index contributed by atoms with van der Waals surface area (Å²) in [5, 5.41) is 21.6. The van der Waals surface area contributed by atoms with Gasteiger partial charge in [-0.15, -0.1) is 0 Å². The molecule has 0 amide bonds. The van der Waals surface area contributed by atoms with E-state index in [1.807, 2.05) is 0 Å². The highest BCUT2D eigenvalue weighted by Crippen LogP contribution is 2.70. The SMILES string of the molecule is CC(=O)O[C@H]1C[C@H](O)CC2=CC[C@H]3[C@@H]4CC[C@H]([C@@H]5C[C@]6(C)C[C@H]5OC(=O)[C@]6(C)O)[C@@]4(C)CC[C@@H]3[C@]21C. The molecular weight excluding hydrogens is 456 g/mol. The van der Waals surface area contributed by atoms with E-state index in [1.165, 1.54) is 18.9 Å². The topological polar surface area (TPSA) is 93.1 Å². The molecule has 0 aromatic rings. The molecule has 1 aliphatic heterocycles. The Balaban J connectivity index is 1.29. The van der Waals surface area contributed by atoms with Crippen LogP contribution in [0.15, 0.2) is 11.6 Å². The number of ether oxygens (including phenoxy) is 2. The van der Waals surface area contributed by atoms with E-state index in [2.05, 4.69) is 26.8 Å². The maximum atomic E-state index is 12.7. The van der Waals surface area contributed by atoms with Gasteiger partial charge < -0.3 is 19.7 Å². The standard InChI is InChI=1S/C30H44O6/c1-16(31)35-25-13-18(32)12-17-6-7-19-21-8-9-22(28(21,3)11-10-23(19)29(17,25)4)20-14-27(2)15-24(20)36-26(33)30(27,5)34/h6,18-25,32,34H,7-15H2,1-5H3/t18-,19+,20+,21+,22-,23+,24-,25+,27-,28+,29+,30+/m1/s1. The maximum absolute atomic E-state index is 12.7. The minimum atomic E-state index is -1.41. The predicted molar refractivity (Wildman–Crippen MR) is 133 cm³/mol. The molecule has 4 saturated carbocycles. The van der Waals surface area contributed by atoms with Gasteiger partial charge in [0, 0.05) is 24.2 Å². The summed E-state index contributed by atoms with van der Waals surface area (Å²) < 4.78 is 11.8. The van der Waals surface area contributed by atoms with Crippen molar-refractivity contribution in [2.75, 3.05) is 0 Å². The summed E-state index contributed by atoms with van der Waals surface area (Å²) in [6, 6.07) is 0. The molecule has 0 spiro atoms. The second-order valence-corrected chi connectivity index (χ2v) is 14.2. The molecule has 0 aromatic heterocycles. The fraction of sp³-hybridized carbons (Fsp3) is 0.867. The van der Waals surface area contributed by atoms with Crippen molar-refractivity contribution in [3.63, 3.8) is 0 Å². The van der Waals surface area contributed by atoms with Crippen LogP contribution in [-0.4, -0.2) is 46.1 Å². The van der Waals surface area contributed by atoms with E-state index in [1.54, 1.807) is 6.92 Å². The van der Waals surface area contributed by atoms with Crippen molar-refractivity contribution in [1.29, 1.82) is 0 Å². The molecule has 0 radical (unpaired) electrons. The van der Waals surface area contributed by atoms with Crippen molar-refractivity contribution in [3.8, 4) is 0 Å². The number of esters is 2. The summed E-state index contributed by atoms with van der Waals surface area (Å²) in [6.45, 7) is 9.99. The second kappa shape index (κ2) is 7.81. The van der Waals surface area contributed by atoms with Crippen LogP contribution in [0.4, 0.5) is 0 Å². The molecule has 1 heterocycles. The number of aliphatic hydroxyl groups is 2. The molecule has 5 fully saturated rings. The van der Waals surface area contributed by atoms with E-state index >= 15 is 0 Å². The highest BCUT2D eigenvalue weighted by Gasteiger charge is 2.67. The molecule has 1 saturated heterocycles. The molecule has 0 aromatic carbocycles. The molecule has 200 valence electrons. The molecular formula is C30H44O6. The first-order valence-electron chi connectivity index (χ1n) is 14.3. The number of hydrogen-bond acceptors (Lipinski definition) is 6. The van der Waals surface area contributed by atoms with Gasteiger partial charge in [0.2, 0.25) is 0 Å². The Labute approximate surface area is 215 Å². The van der Waals surface area contributed by atoms with Gasteiger partial charge in [0.05, 0.1) is 6.10 Å². The summed E-state index contributed by atoms with van der Waals surface area (Å²) in [5.41, 5.74) is -0.563. The van der Waals surface area contributed by atoms with Crippen LogP contribution >= 0.6 is 0 Å². The highest BCUT2D eigenvalue weighted by atomic mass is 16.6. The molecule has 6 nitrogen and oxygen atoms in total. The van der Waals surface area contributed by atoms with Crippen molar-refractivity contribution in [2.45, 2.75) is 116 Å². The first kappa shape index (κ1) is 24.9. The average molecular weight is 501 g/mol. The van der Waals surface area contributed by atoms with Crippen LogP contribution in [-0.2, 0) is 19.1 Å². The lowest BCUT2D eigenvalue weighted by Crippen LogP contribution is -2.56. The van der Waals surface area contributed by atoms with Crippen molar-refractivity contribution >= 4 is 11.9 Å². The molecule has 6 rings (SSSR count). The Bertz CT molecular complexity index is 1000. The molecule has 12 atom stereocenters. The van der Waals surface area contributed by atoms with Gasteiger partial charge in [-0.25, -0.2) is 4.79 Å². The molecule has 6 heteroatoms. The molecule has 5 aliphatic carbocycles. The van der Waals surface area contributed by atoms with Crippen LogP contribution in [0.5, 0.6) is 0 Å². The average Bonchev–Trinajstić information content (AvgIpc) is 3.29. The molecule has 2 bridgehead atoms. The lowest BCUT2D eigenvalue weighted by molar-refractivity contribution is -0.194. The number of fused-ring (bicyclic) bond motifs is 7. The minimum absolute atomic E-state index is 0.0791. The third-order valence-electron chi connectivity index (χ3n) is 12.7. The van der Waals surface area contributed by atoms with Crippen LogP contribution in [0.3, 0.4) is 0 Å². The number of aliphatic hydroxyl groups excluding tert-OH is 1. The monoisotopic (exact) mass is 500 g/mol. The van der Waals surface area contributed by atoms with E-state index in [9.17, 15) is 19.8 Å². The van der Waals surface area contributed by atoms with Crippen molar-refractivity contribution in [2.24, 2.45) is 45.8 Å². The number of hydrogen-bond donors (Lipinski definition) is 2. The van der Waals surface area contributed by atoms with Crippen LogP contribution in [0.1, 0.15) is 92.4 Å². The van der Waals surface area contributed by atoms with Crippen molar-refractivity contribution in [1.82, 2.24) is 0 Å². The fourth-order valence-corrected chi connectivity index (χ4v) is 10.5. The van der Waals surface area contributed by atoms with E-state index in [-0.39, 0.29) is 29.0 Å². The summed E-state index contributed by atoms with van der Waals surface area (Å²) >= 11 is 0. The van der Waals surface area contributed by atoms with Gasteiger partial charge in [-0.3, -0.25) is 4.79 Å². The first-order chi connectivity index (χ1) is 16.8. The van der Waals surface area contributed by atoms with E-state index in [0.717, 1.165) is 38.5 Å². The zero-order valence-corrected chi connectivity index (χ0v) is 22.6. The summed E-state index contributed by atoms with van der Waals surface area (Å²) in [4.78, 5) is 24.7. The van der Waals surface area contributed by atoms with Crippen molar-refractivity contribution in [3.05, 3.63) is 11.6 Å². The quantitative estimate of drug-likeness (QED) is 0.427. The van der Waals surface area contributed by atoms with Crippen LogP contribution in [0.25, 0.3) is 0 Å². The normalized spacial score (nSPS) is 55.6. The van der Waals surface area contributed by atoms with Gasteiger partial charge in [-0.2, -0.15) is 0 Å². The largest absolute Gasteiger partial charge is 0.462 e. The van der Waals surface area contributed by atoms with E-state index in [4.69, 9.17) is 9.47 Å². The highest BCUT2D eigenvalue weighted by molar-refractivity contribution is 5.81. The van der Waals surface area contributed by atoms with Crippen LogP contribution in [0.2, 0.25) is 0 Å². The summed E-state index contributed by atoms with van der Waals surface area (Å²) in [5.74, 6) is 1.68. The maximum Gasteiger partial charge on any atom is 0.338 e. The third kappa shape index (κ3) is 3.15. The zero-order chi connectivity index (χ0) is 25.8. The number of rotatable bonds is 2. The second-order valence-electron chi connectivity index (χ2n) is 14.2. The minimum Gasteiger partial charge on any atom is -0.462 e. The van der Waals surface area contributed by atoms with Gasteiger partial charge in [0.15, 0.2) is 5.60 Å².